The summed E-state index contributed by atoms with van der Waals surface area (Å²) in [6, 6.07) is 0. The van der Waals surface area contributed by atoms with Gasteiger partial charge >= 0.3 is 0 Å². The van der Waals surface area contributed by atoms with E-state index in [1.54, 1.807) is 0 Å². The lowest BCUT2D eigenvalue weighted by Crippen LogP contribution is -2.28. The molecule has 0 amide bonds. The zero-order valence-corrected chi connectivity index (χ0v) is 11.9. The monoisotopic (exact) mass is 267 g/mol. The van der Waals surface area contributed by atoms with E-state index in [9.17, 15) is 0 Å². The van der Waals surface area contributed by atoms with Gasteiger partial charge in [-0.1, -0.05) is 6.92 Å². The lowest BCUT2D eigenvalue weighted by Gasteiger charge is -2.24. The first kappa shape index (κ1) is 13.4. The Morgan fingerprint density at radius 1 is 1.33 bits per heavy atom. The fourth-order valence-electron chi connectivity index (χ4n) is 2.11. The Bertz CT molecular complexity index is 402. The molecule has 2 heterocycles. The van der Waals surface area contributed by atoms with Crippen LogP contribution in [0.1, 0.15) is 24.7 Å². The number of hydrogen-bond acceptors (Lipinski definition) is 6. The average molecular weight is 267 g/mol. The highest BCUT2D eigenvalue weighted by atomic mass is 32.2. The molecule has 0 aliphatic carbocycles. The minimum Gasteiger partial charge on any atom is -0.355 e. The summed E-state index contributed by atoms with van der Waals surface area (Å²) in [5.41, 5.74) is 3.73. The van der Waals surface area contributed by atoms with Crippen molar-refractivity contribution >= 4 is 23.4 Å². The van der Waals surface area contributed by atoms with Crippen molar-refractivity contribution < 1.29 is 0 Å². The molecular weight excluding hydrogens is 246 g/mol. The molecule has 2 rings (SSSR count). The maximum absolute atomic E-state index is 5.54. The lowest BCUT2D eigenvalue weighted by molar-refractivity contribution is 0.782. The summed E-state index contributed by atoms with van der Waals surface area (Å²) in [5.74, 6) is 10.6. The number of aryl methyl sites for hydroxylation is 1. The number of nitrogens with zero attached hydrogens (tertiary/aromatic N) is 3. The lowest BCUT2D eigenvalue weighted by atomic mass is 10.2. The van der Waals surface area contributed by atoms with Crippen LogP contribution in [-0.4, -0.2) is 34.6 Å². The van der Waals surface area contributed by atoms with Gasteiger partial charge in [0.2, 0.25) is 0 Å². The zero-order valence-electron chi connectivity index (χ0n) is 11.1. The summed E-state index contributed by atoms with van der Waals surface area (Å²) in [7, 11) is 0. The number of nitrogens with two attached hydrogens (primary N) is 1. The Hall–Kier alpha value is -1.01. The van der Waals surface area contributed by atoms with E-state index < -0.39 is 0 Å². The smallest absolute Gasteiger partial charge is 0.148 e. The third kappa shape index (κ3) is 2.87. The number of hydrogen-bond donors (Lipinski definition) is 2. The first-order valence-corrected chi connectivity index (χ1v) is 7.58. The molecule has 1 saturated heterocycles. The van der Waals surface area contributed by atoms with Crippen molar-refractivity contribution in [1.82, 2.24) is 9.97 Å². The maximum Gasteiger partial charge on any atom is 0.148 e. The molecule has 0 saturated carbocycles. The quantitative estimate of drug-likeness (QED) is 0.640. The fraction of sp³-hybridized carbons (Fsp3) is 0.667. The van der Waals surface area contributed by atoms with Crippen molar-refractivity contribution in [2.24, 2.45) is 5.84 Å². The number of anilines is 2. The maximum atomic E-state index is 5.54. The molecule has 0 unspecified atom stereocenters. The second-order valence-electron chi connectivity index (χ2n) is 4.39. The van der Waals surface area contributed by atoms with E-state index >= 15 is 0 Å². The molecule has 100 valence electrons. The molecule has 1 aliphatic rings. The highest BCUT2D eigenvalue weighted by Crippen LogP contribution is 2.25. The molecule has 1 aromatic heterocycles. The van der Waals surface area contributed by atoms with Crippen LogP contribution in [0, 0.1) is 6.92 Å². The van der Waals surface area contributed by atoms with Crippen molar-refractivity contribution in [3.8, 4) is 0 Å². The Morgan fingerprint density at radius 3 is 2.89 bits per heavy atom. The number of hydrazine groups is 1. The van der Waals surface area contributed by atoms with Crippen LogP contribution in [0.2, 0.25) is 0 Å². The molecular formula is C12H21N5S. The van der Waals surface area contributed by atoms with Crippen LogP contribution in [0.25, 0.3) is 0 Å². The molecule has 1 fully saturated rings. The molecule has 0 bridgehead atoms. The largest absolute Gasteiger partial charge is 0.355 e. The van der Waals surface area contributed by atoms with E-state index in [1.165, 1.54) is 12.2 Å². The fourth-order valence-corrected chi connectivity index (χ4v) is 3.00. The number of nitrogens with one attached hydrogen (secondary N) is 1. The van der Waals surface area contributed by atoms with Gasteiger partial charge in [-0.3, -0.25) is 0 Å². The minimum atomic E-state index is 0.744. The summed E-state index contributed by atoms with van der Waals surface area (Å²) in [6.45, 7) is 6.21. The molecule has 0 radical (unpaired) electrons. The number of thioether (sulfide) groups is 1. The van der Waals surface area contributed by atoms with E-state index in [0.717, 1.165) is 48.3 Å². The average Bonchev–Trinajstić information content (AvgIpc) is 2.68. The highest BCUT2D eigenvalue weighted by molar-refractivity contribution is 7.99. The predicted molar refractivity (Wildman–Crippen MR) is 78.1 cm³/mol. The standard InChI is InChI=1S/C12H21N5S/c1-3-10-14-11(16-13)9(2)12(15-10)17-5-4-7-18-8-6-17/h3-8,13H2,1-2H3,(H,14,15,16). The van der Waals surface area contributed by atoms with Crippen LogP contribution in [-0.2, 0) is 6.42 Å². The summed E-state index contributed by atoms with van der Waals surface area (Å²) in [4.78, 5) is 11.4. The number of rotatable bonds is 3. The van der Waals surface area contributed by atoms with Crippen LogP contribution in [0.4, 0.5) is 11.6 Å². The second-order valence-corrected chi connectivity index (χ2v) is 5.61. The SMILES string of the molecule is CCc1nc(NN)c(C)c(N2CCCSCC2)n1. The Morgan fingerprint density at radius 2 is 2.17 bits per heavy atom. The Labute approximate surface area is 113 Å². The van der Waals surface area contributed by atoms with Crippen molar-refractivity contribution in [3.63, 3.8) is 0 Å². The van der Waals surface area contributed by atoms with Gasteiger partial charge in [-0.2, -0.15) is 11.8 Å². The van der Waals surface area contributed by atoms with E-state index in [1.807, 2.05) is 18.7 Å². The summed E-state index contributed by atoms with van der Waals surface area (Å²) >= 11 is 2.01. The summed E-state index contributed by atoms with van der Waals surface area (Å²) in [5, 5.41) is 0. The van der Waals surface area contributed by atoms with Crippen molar-refractivity contribution in [2.75, 3.05) is 34.9 Å². The molecule has 5 nitrogen and oxygen atoms in total. The van der Waals surface area contributed by atoms with Gasteiger partial charge in [-0.15, -0.1) is 0 Å². The van der Waals surface area contributed by atoms with Crippen molar-refractivity contribution in [1.29, 1.82) is 0 Å². The molecule has 0 atom stereocenters. The number of aromatic nitrogens is 2. The van der Waals surface area contributed by atoms with Gasteiger partial charge in [-0.25, -0.2) is 15.8 Å². The van der Waals surface area contributed by atoms with Gasteiger partial charge < -0.3 is 10.3 Å². The minimum absolute atomic E-state index is 0.744. The first-order chi connectivity index (χ1) is 8.76. The van der Waals surface area contributed by atoms with Gasteiger partial charge in [0.15, 0.2) is 0 Å². The van der Waals surface area contributed by atoms with Gasteiger partial charge in [0.05, 0.1) is 0 Å². The number of nitrogen functional groups attached to an aromatic ring is 1. The molecule has 18 heavy (non-hydrogen) atoms. The highest BCUT2D eigenvalue weighted by Gasteiger charge is 2.17. The van der Waals surface area contributed by atoms with Crippen LogP contribution < -0.4 is 16.2 Å². The topological polar surface area (TPSA) is 67.1 Å². The van der Waals surface area contributed by atoms with Crippen LogP contribution in [0.5, 0.6) is 0 Å². The van der Waals surface area contributed by atoms with Gasteiger partial charge in [0, 0.05) is 30.8 Å². The normalized spacial score (nSPS) is 16.5. The van der Waals surface area contributed by atoms with E-state index in [0.29, 0.717) is 0 Å². The first-order valence-electron chi connectivity index (χ1n) is 6.43. The van der Waals surface area contributed by atoms with E-state index in [2.05, 4.69) is 27.2 Å². The Balaban J connectivity index is 2.34. The third-order valence-corrected chi connectivity index (χ3v) is 4.19. The molecule has 1 aromatic rings. The molecule has 0 spiro atoms. The molecule has 1 aliphatic heterocycles. The zero-order chi connectivity index (χ0) is 13.0. The van der Waals surface area contributed by atoms with Gasteiger partial charge in [0.1, 0.15) is 17.5 Å². The molecule has 6 heteroatoms. The predicted octanol–water partition coefficient (Wildman–Crippen LogP) is 1.58. The van der Waals surface area contributed by atoms with Gasteiger partial charge in [-0.05, 0) is 19.1 Å². The Kier molecular flexibility index (Phi) is 4.66. The van der Waals surface area contributed by atoms with Crippen molar-refractivity contribution in [3.05, 3.63) is 11.4 Å². The van der Waals surface area contributed by atoms with Crippen LogP contribution >= 0.6 is 11.8 Å². The van der Waals surface area contributed by atoms with Crippen LogP contribution in [0.3, 0.4) is 0 Å². The van der Waals surface area contributed by atoms with E-state index in [-0.39, 0.29) is 0 Å². The second kappa shape index (κ2) is 6.24. The van der Waals surface area contributed by atoms with E-state index in [4.69, 9.17) is 5.84 Å². The summed E-state index contributed by atoms with van der Waals surface area (Å²) in [6.07, 6.45) is 2.03. The van der Waals surface area contributed by atoms with Crippen molar-refractivity contribution in [2.45, 2.75) is 26.7 Å². The van der Waals surface area contributed by atoms with Crippen LogP contribution in [0.15, 0.2) is 0 Å². The molecule has 0 aromatic carbocycles. The third-order valence-electron chi connectivity index (χ3n) is 3.14. The molecule has 3 N–H and O–H groups in total. The summed E-state index contributed by atoms with van der Waals surface area (Å²) < 4.78 is 0. The van der Waals surface area contributed by atoms with Gasteiger partial charge in [0.25, 0.3) is 0 Å².